The Balaban J connectivity index is 1.66. The summed E-state index contributed by atoms with van der Waals surface area (Å²) in [5.41, 5.74) is 5.90. The van der Waals surface area contributed by atoms with Crippen LogP contribution in [0.2, 0.25) is 0 Å². The summed E-state index contributed by atoms with van der Waals surface area (Å²) in [4.78, 5) is 4.54. The van der Waals surface area contributed by atoms with E-state index in [1.807, 2.05) is 67.8 Å². The van der Waals surface area contributed by atoms with Gasteiger partial charge in [0.25, 0.3) is 0 Å². The highest BCUT2D eigenvalue weighted by Gasteiger charge is 2.07. The number of benzene rings is 2. The summed E-state index contributed by atoms with van der Waals surface area (Å²) in [6, 6.07) is 15.8. The molecule has 1 aromatic heterocycles. The highest BCUT2D eigenvalue weighted by atomic mass is 32.1. The number of aromatic nitrogens is 1. The smallest absolute Gasteiger partial charge is 0.203 e. The molecular formula is C20H21N3O2S. The minimum absolute atomic E-state index is 0.0915. The lowest BCUT2D eigenvalue weighted by molar-refractivity contribution is 0.230. The maximum atomic E-state index is 5.72. The van der Waals surface area contributed by atoms with Gasteiger partial charge in [-0.3, -0.25) is 5.43 Å². The number of methoxy groups -OCH3 is 1. The van der Waals surface area contributed by atoms with E-state index in [-0.39, 0.29) is 6.10 Å². The third-order valence-electron chi connectivity index (χ3n) is 3.50. The molecule has 0 unspecified atom stereocenters. The van der Waals surface area contributed by atoms with Gasteiger partial charge in [-0.15, -0.1) is 11.3 Å². The van der Waals surface area contributed by atoms with Gasteiger partial charge in [-0.05, 0) is 37.6 Å². The van der Waals surface area contributed by atoms with E-state index in [1.165, 1.54) is 11.3 Å². The molecule has 3 aromatic rings. The third-order valence-corrected chi connectivity index (χ3v) is 4.24. The Morgan fingerprint density at radius 2 is 1.92 bits per heavy atom. The van der Waals surface area contributed by atoms with Crippen LogP contribution >= 0.6 is 11.3 Å². The van der Waals surface area contributed by atoms with Gasteiger partial charge in [0.1, 0.15) is 0 Å². The summed E-state index contributed by atoms with van der Waals surface area (Å²) in [6.45, 7) is 3.97. The highest BCUT2D eigenvalue weighted by molar-refractivity contribution is 7.14. The molecule has 2 aromatic carbocycles. The Morgan fingerprint density at radius 3 is 2.65 bits per heavy atom. The van der Waals surface area contributed by atoms with Gasteiger partial charge in [0, 0.05) is 10.9 Å². The van der Waals surface area contributed by atoms with Crippen molar-refractivity contribution in [2.75, 3.05) is 12.5 Å². The first kappa shape index (κ1) is 17.9. The SMILES string of the molecule is COc1cc(C=NNc2nc(-c3ccccc3)cs2)ccc1OC(C)C. The highest BCUT2D eigenvalue weighted by Crippen LogP contribution is 2.28. The van der Waals surface area contributed by atoms with E-state index in [0.29, 0.717) is 5.75 Å². The van der Waals surface area contributed by atoms with Crippen LogP contribution in [-0.2, 0) is 0 Å². The summed E-state index contributed by atoms with van der Waals surface area (Å²) in [5.74, 6) is 1.41. The number of hydrogen-bond acceptors (Lipinski definition) is 6. The fourth-order valence-corrected chi connectivity index (χ4v) is 3.01. The molecule has 0 spiro atoms. The van der Waals surface area contributed by atoms with Crippen LogP contribution in [0.3, 0.4) is 0 Å². The van der Waals surface area contributed by atoms with E-state index in [4.69, 9.17) is 9.47 Å². The Labute approximate surface area is 157 Å². The molecule has 3 rings (SSSR count). The van der Waals surface area contributed by atoms with Crippen LogP contribution in [0.1, 0.15) is 19.4 Å². The summed E-state index contributed by atoms with van der Waals surface area (Å²) >= 11 is 1.52. The van der Waals surface area contributed by atoms with Gasteiger partial charge >= 0.3 is 0 Å². The number of nitrogens with zero attached hydrogens (tertiary/aromatic N) is 2. The van der Waals surface area contributed by atoms with Crippen molar-refractivity contribution in [1.29, 1.82) is 0 Å². The van der Waals surface area contributed by atoms with Crippen LogP contribution in [0.4, 0.5) is 5.13 Å². The van der Waals surface area contributed by atoms with Crippen molar-refractivity contribution in [3.63, 3.8) is 0 Å². The molecule has 0 aliphatic carbocycles. The largest absolute Gasteiger partial charge is 0.493 e. The normalized spacial score (nSPS) is 11.1. The fraction of sp³-hybridized carbons (Fsp3) is 0.200. The van der Waals surface area contributed by atoms with Gasteiger partial charge in [0.15, 0.2) is 11.5 Å². The van der Waals surface area contributed by atoms with Gasteiger partial charge in [0.05, 0.1) is 25.1 Å². The van der Waals surface area contributed by atoms with Gasteiger partial charge in [-0.2, -0.15) is 5.10 Å². The molecule has 0 atom stereocenters. The Kier molecular flexibility index (Phi) is 5.86. The van der Waals surface area contributed by atoms with E-state index >= 15 is 0 Å². The van der Waals surface area contributed by atoms with Crippen LogP contribution in [0, 0.1) is 0 Å². The van der Waals surface area contributed by atoms with Crippen LogP contribution in [0.25, 0.3) is 11.3 Å². The van der Waals surface area contributed by atoms with E-state index in [2.05, 4.69) is 15.5 Å². The van der Waals surface area contributed by atoms with E-state index in [0.717, 1.165) is 27.7 Å². The van der Waals surface area contributed by atoms with Crippen LogP contribution in [0.15, 0.2) is 59.0 Å². The zero-order chi connectivity index (χ0) is 18.4. The maximum absolute atomic E-state index is 5.72. The lowest BCUT2D eigenvalue weighted by atomic mass is 10.2. The van der Waals surface area contributed by atoms with Crippen LogP contribution in [0.5, 0.6) is 11.5 Å². The van der Waals surface area contributed by atoms with Crippen LogP contribution in [-0.4, -0.2) is 24.4 Å². The quantitative estimate of drug-likeness (QED) is 0.469. The predicted molar refractivity (Wildman–Crippen MR) is 108 cm³/mol. The lowest BCUT2D eigenvalue weighted by Gasteiger charge is -2.13. The van der Waals surface area contributed by atoms with Crippen LogP contribution < -0.4 is 14.9 Å². The van der Waals surface area contributed by atoms with Gasteiger partial charge in [-0.25, -0.2) is 4.98 Å². The molecule has 0 aliphatic heterocycles. The molecule has 0 bridgehead atoms. The molecule has 0 saturated carbocycles. The van der Waals surface area contributed by atoms with Crippen molar-refractivity contribution in [3.05, 3.63) is 59.5 Å². The van der Waals surface area contributed by atoms with E-state index in [1.54, 1.807) is 13.3 Å². The number of nitrogens with one attached hydrogen (secondary N) is 1. The Bertz CT molecular complexity index is 876. The molecule has 5 nitrogen and oxygen atoms in total. The molecule has 0 saturated heterocycles. The zero-order valence-corrected chi connectivity index (χ0v) is 15.8. The number of hydrazone groups is 1. The fourth-order valence-electron chi connectivity index (χ4n) is 2.34. The standard InChI is InChI=1S/C20H21N3O2S/c1-14(2)25-18-10-9-15(11-19(18)24-3)12-21-23-20-22-17(13-26-20)16-7-5-4-6-8-16/h4-14H,1-3H3,(H,22,23). The molecule has 26 heavy (non-hydrogen) atoms. The second-order valence-electron chi connectivity index (χ2n) is 5.85. The summed E-state index contributed by atoms with van der Waals surface area (Å²) in [5, 5.41) is 7.01. The molecule has 1 N–H and O–H groups in total. The topological polar surface area (TPSA) is 55.7 Å². The Morgan fingerprint density at radius 1 is 1.12 bits per heavy atom. The Hall–Kier alpha value is -2.86. The maximum Gasteiger partial charge on any atom is 0.203 e. The third kappa shape index (κ3) is 4.61. The first-order chi connectivity index (χ1) is 12.7. The lowest BCUT2D eigenvalue weighted by Crippen LogP contribution is -2.06. The molecular weight excluding hydrogens is 346 g/mol. The van der Waals surface area contributed by atoms with Crippen molar-refractivity contribution in [3.8, 4) is 22.8 Å². The first-order valence-electron chi connectivity index (χ1n) is 8.30. The number of thiazole rings is 1. The summed E-state index contributed by atoms with van der Waals surface area (Å²) in [6.07, 6.45) is 1.82. The number of hydrogen-bond donors (Lipinski definition) is 1. The van der Waals surface area contributed by atoms with Gasteiger partial charge in [0.2, 0.25) is 5.13 Å². The summed E-state index contributed by atoms with van der Waals surface area (Å²) in [7, 11) is 1.63. The van der Waals surface area contributed by atoms with Gasteiger partial charge < -0.3 is 9.47 Å². The monoisotopic (exact) mass is 367 g/mol. The minimum Gasteiger partial charge on any atom is -0.493 e. The molecule has 1 heterocycles. The van der Waals surface area contributed by atoms with E-state index in [9.17, 15) is 0 Å². The number of ether oxygens (including phenoxy) is 2. The zero-order valence-electron chi connectivity index (χ0n) is 15.0. The number of anilines is 1. The predicted octanol–water partition coefficient (Wildman–Crippen LogP) is 5.05. The molecule has 0 radical (unpaired) electrons. The average molecular weight is 367 g/mol. The van der Waals surface area contributed by atoms with Crippen molar-refractivity contribution in [2.24, 2.45) is 5.10 Å². The van der Waals surface area contributed by atoms with Crippen molar-refractivity contribution in [1.82, 2.24) is 4.98 Å². The van der Waals surface area contributed by atoms with Crippen molar-refractivity contribution in [2.45, 2.75) is 20.0 Å². The minimum atomic E-state index is 0.0915. The molecule has 0 fully saturated rings. The second-order valence-corrected chi connectivity index (χ2v) is 6.71. The van der Waals surface area contributed by atoms with E-state index < -0.39 is 0 Å². The average Bonchev–Trinajstić information content (AvgIpc) is 3.12. The van der Waals surface area contributed by atoms with Crippen molar-refractivity contribution < 1.29 is 9.47 Å². The van der Waals surface area contributed by atoms with Crippen molar-refractivity contribution >= 4 is 22.7 Å². The molecule has 134 valence electrons. The molecule has 0 amide bonds. The molecule has 6 heteroatoms. The number of rotatable bonds is 7. The molecule has 0 aliphatic rings. The first-order valence-corrected chi connectivity index (χ1v) is 9.18. The summed E-state index contributed by atoms with van der Waals surface area (Å²) < 4.78 is 11.1. The van der Waals surface area contributed by atoms with Gasteiger partial charge in [-0.1, -0.05) is 30.3 Å². The second kappa shape index (κ2) is 8.49.